The van der Waals surface area contributed by atoms with Crippen molar-refractivity contribution in [1.29, 1.82) is 5.26 Å². The minimum Gasteiger partial charge on any atom is -0.391 e. The zero-order valence-electron chi connectivity index (χ0n) is 21.1. The second-order valence-corrected chi connectivity index (χ2v) is 10.8. The van der Waals surface area contributed by atoms with Gasteiger partial charge >= 0.3 is 0 Å². The molecule has 2 atom stereocenters. The number of rotatable bonds is 6. The van der Waals surface area contributed by atoms with E-state index < -0.39 is 23.5 Å². The van der Waals surface area contributed by atoms with E-state index in [1.165, 1.54) is 10.8 Å². The Morgan fingerprint density at radius 1 is 1.25 bits per heavy atom. The van der Waals surface area contributed by atoms with Crippen molar-refractivity contribution >= 4 is 46.3 Å². The summed E-state index contributed by atoms with van der Waals surface area (Å²) in [6, 6.07) is 8.65. The van der Waals surface area contributed by atoms with Gasteiger partial charge in [0.05, 0.1) is 12.1 Å². The maximum absolute atomic E-state index is 13.0. The third-order valence-corrected chi connectivity index (χ3v) is 7.12. The number of benzene rings is 1. The fourth-order valence-corrected chi connectivity index (χ4v) is 4.95. The van der Waals surface area contributed by atoms with Crippen LogP contribution in [-0.2, 0) is 16.1 Å². The largest absolute Gasteiger partial charge is 0.391 e. The van der Waals surface area contributed by atoms with E-state index in [1.807, 2.05) is 26.8 Å². The van der Waals surface area contributed by atoms with Crippen LogP contribution in [0.4, 0.5) is 11.4 Å². The number of nitrogens with one attached hydrogen (secondary N) is 3. The number of anilines is 2. The Morgan fingerprint density at radius 3 is 2.58 bits per heavy atom. The smallest absolute Gasteiger partial charge is 0.270 e. The molecule has 10 heteroatoms. The lowest BCUT2D eigenvalue weighted by Gasteiger charge is -2.28. The number of thiazole rings is 1. The molecule has 192 valence electrons. The highest BCUT2D eigenvalue weighted by atomic mass is 32.1. The fraction of sp³-hybridized carbons (Fsp3) is 0.462. The lowest BCUT2D eigenvalue weighted by atomic mass is 9.92. The van der Waals surface area contributed by atoms with Crippen molar-refractivity contribution in [3.63, 3.8) is 0 Å². The third kappa shape index (κ3) is 6.42. The monoisotopic (exact) mass is 511 g/mol. The average Bonchev–Trinajstić information content (AvgIpc) is 3.14. The van der Waals surface area contributed by atoms with Gasteiger partial charge in [0.1, 0.15) is 15.3 Å². The van der Waals surface area contributed by atoms with Gasteiger partial charge in [-0.15, -0.1) is 11.3 Å². The van der Waals surface area contributed by atoms with Crippen LogP contribution in [0.3, 0.4) is 0 Å². The van der Waals surface area contributed by atoms with E-state index in [9.17, 15) is 24.8 Å². The number of hydrogen-bond donors (Lipinski definition) is 4. The summed E-state index contributed by atoms with van der Waals surface area (Å²) >= 11 is 1.05. The van der Waals surface area contributed by atoms with Crippen molar-refractivity contribution in [2.75, 3.05) is 10.6 Å². The Hall–Kier alpha value is -3.42. The molecule has 1 aliphatic rings. The molecule has 1 aromatic heterocycles. The number of aromatic nitrogens is 1. The predicted octanol–water partition coefficient (Wildman–Crippen LogP) is 1.86. The molecule has 0 aliphatic heterocycles. The van der Waals surface area contributed by atoms with Gasteiger partial charge in [-0.05, 0) is 38.0 Å². The second kappa shape index (κ2) is 11.5. The lowest BCUT2D eigenvalue weighted by molar-refractivity contribution is -0.123. The normalized spacial score (nSPS) is 19.3. The van der Waals surface area contributed by atoms with Gasteiger partial charge < -0.3 is 21.1 Å². The molecule has 1 aromatic carbocycles. The van der Waals surface area contributed by atoms with E-state index in [4.69, 9.17) is 0 Å². The van der Waals surface area contributed by atoms with Gasteiger partial charge in [0.2, 0.25) is 5.91 Å². The molecule has 3 rings (SSSR count). The van der Waals surface area contributed by atoms with Crippen molar-refractivity contribution in [3.05, 3.63) is 43.8 Å². The van der Waals surface area contributed by atoms with E-state index in [1.54, 1.807) is 31.2 Å². The Kier molecular flexibility index (Phi) is 8.71. The maximum atomic E-state index is 13.0. The molecule has 0 spiro atoms. The van der Waals surface area contributed by atoms with Gasteiger partial charge in [-0.1, -0.05) is 39.7 Å². The Morgan fingerprint density at radius 2 is 1.94 bits per heavy atom. The summed E-state index contributed by atoms with van der Waals surface area (Å²) in [6.07, 6.45) is 3.95. The first-order valence-corrected chi connectivity index (χ1v) is 12.9. The van der Waals surface area contributed by atoms with Crippen LogP contribution in [0.5, 0.6) is 0 Å². The highest BCUT2D eigenvalue weighted by molar-refractivity contribution is 7.07. The zero-order chi connectivity index (χ0) is 26.5. The lowest BCUT2D eigenvalue weighted by Crippen LogP contribution is -2.46. The molecule has 0 bridgehead atoms. The van der Waals surface area contributed by atoms with Crippen LogP contribution in [0.15, 0.2) is 29.1 Å². The molecular formula is C26H33N5O4S. The summed E-state index contributed by atoms with van der Waals surface area (Å²) < 4.78 is 1.99. The Bertz CT molecular complexity index is 1350. The summed E-state index contributed by atoms with van der Waals surface area (Å²) in [4.78, 5) is 38.2. The number of hydrogen-bond acceptors (Lipinski definition) is 7. The van der Waals surface area contributed by atoms with Gasteiger partial charge in [-0.2, -0.15) is 5.26 Å². The molecule has 9 nitrogen and oxygen atoms in total. The van der Waals surface area contributed by atoms with Gasteiger partial charge in [-0.3, -0.25) is 19.0 Å². The molecule has 36 heavy (non-hydrogen) atoms. The van der Waals surface area contributed by atoms with Crippen LogP contribution >= 0.6 is 11.3 Å². The van der Waals surface area contributed by atoms with E-state index in [-0.39, 0.29) is 28.2 Å². The average molecular weight is 512 g/mol. The number of amides is 2. The number of nitriles is 1. The van der Waals surface area contributed by atoms with Crippen LogP contribution < -0.4 is 30.7 Å². The number of carbonyl (C=O) groups excluding carboxylic acids is 2. The molecule has 0 saturated heterocycles. The van der Waals surface area contributed by atoms with E-state index in [0.29, 0.717) is 28.7 Å². The number of nitrogens with zero attached hydrogens (tertiary/aromatic N) is 2. The van der Waals surface area contributed by atoms with Crippen molar-refractivity contribution in [1.82, 2.24) is 9.88 Å². The molecule has 0 unspecified atom stereocenters. The fourth-order valence-electron chi connectivity index (χ4n) is 3.86. The van der Waals surface area contributed by atoms with Crippen LogP contribution in [0.2, 0.25) is 0 Å². The number of aliphatic hydroxyl groups is 1. The summed E-state index contributed by atoms with van der Waals surface area (Å²) in [7, 11) is 0. The van der Waals surface area contributed by atoms with Crippen molar-refractivity contribution in [2.24, 2.45) is 5.41 Å². The summed E-state index contributed by atoms with van der Waals surface area (Å²) in [5.74, 6) is -0.704. The van der Waals surface area contributed by atoms with Gasteiger partial charge in [0.25, 0.3) is 11.5 Å². The van der Waals surface area contributed by atoms with Crippen molar-refractivity contribution in [2.45, 2.75) is 72.1 Å². The highest BCUT2D eigenvalue weighted by Crippen LogP contribution is 2.20. The molecular weight excluding hydrogens is 478 g/mol. The highest BCUT2D eigenvalue weighted by Gasteiger charge is 2.26. The second-order valence-electron chi connectivity index (χ2n) is 9.81. The predicted molar refractivity (Wildman–Crippen MR) is 142 cm³/mol. The number of aliphatic hydroxyl groups excluding tert-OH is 1. The first-order valence-electron chi connectivity index (χ1n) is 12.1. The summed E-state index contributed by atoms with van der Waals surface area (Å²) in [5.41, 5.74) is 0.272. The topological polar surface area (TPSA) is 136 Å². The van der Waals surface area contributed by atoms with Gasteiger partial charge in [0, 0.05) is 29.5 Å². The Labute approximate surface area is 214 Å². The molecule has 1 heterocycles. The Balaban J connectivity index is 1.91. The standard InChI is InChI=1S/C26H33N5O4S/c1-5-31-23(34)21(15-28-16-9-8-10-17(13-16)29-25(35)26(2,3)4)36-24(31)18(14-27)22(33)30-19-11-6-7-12-20(19)32/h8-10,13,15,19-20,28,32H,5-7,11-12H2,1-4H3,(H,29,35)(H,30,33)/b21-15+,24-18-/t19-,20-/m0/s1. The van der Waals surface area contributed by atoms with Crippen molar-refractivity contribution < 1.29 is 14.7 Å². The van der Waals surface area contributed by atoms with Crippen molar-refractivity contribution in [3.8, 4) is 6.07 Å². The molecule has 2 aromatic rings. The van der Waals surface area contributed by atoms with Crippen LogP contribution in [0, 0.1) is 16.7 Å². The SMILES string of the molecule is CCn1c(=O)/c(=C\Nc2cccc(NC(=O)C(C)(C)C)c2)s/c1=C(/C#N)C(=O)N[C@H]1CCCC[C@@H]1O. The molecule has 4 N–H and O–H groups in total. The molecule has 1 fully saturated rings. The summed E-state index contributed by atoms with van der Waals surface area (Å²) in [6.45, 7) is 7.55. The number of carbonyl (C=O) groups is 2. The third-order valence-electron chi connectivity index (χ3n) is 5.99. The summed E-state index contributed by atoms with van der Waals surface area (Å²) in [5, 5.41) is 28.6. The van der Waals surface area contributed by atoms with E-state index >= 15 is 0 Å². The van der Waals surface area contributed by atoms with Crippen LogP contribution in [0.1, 0.15) is 53.4 Å². The van der Waals surface area contributed by atoms with E-state index in [2.05, 4.69) is 16.0 Å². The molecule has 2 amide bonds. The minimum absolute atomic E-state index is 0.115. The minimum atomic E-state index is -0.642. The van der Waals surface area contributed by atoms with Gasteiger partial charge in [0.15, 0.2) is 5.57 Å². The van der Waals surface area contributed by atoms with Gasteiger partial charge in [-0.25, -0.2) is 0 Å². The van der Waals surface area contributed by atoms with E-state index in [0.717, 1.165) is 24.2 Å². The first kappa shape index (κ1) is 27.2. The maximum Gasteiger partial charge on any atom is 0.270 e. The zero-order valence-corrected chi connectivity index (χ0v) is 21.9. The van der Waals surface area contributed by atoms with Crippen LogP contribution in [-0.4, -0.2) is 33.6 Å². The van der Waals surface area contributed by atoms with Crippen LogP contribution in [0.25, 0.3) is 11.8 Å². The molecule has 0 radical (unpaired) electrons. The molecule has 1 saturated carbocycles. The molecule has 1 aliphatic carbocycles. The first-order chi connectivity index (χ1) is 17.0. The quantitative estimate of drug-likeness (QED) is 0.467.